The van der Waals surface area contributed by atoms with Gasteiger partial charge in [0.15, 0.2) is 11.5 Å². The lowest BCUT2D eigenvalue weighted by molar-refractivity contribution is -0.141. The summed E-state index contributed by atoms with van der Waals surface area (Å²) < 4.78 is 44.1. The first-order valence-electron chi connectivity index (χ1n) is 7.87. The molecular formula is C18H20BrNO6S. The third-order valence-corrected chi connectivity index (χ3v) is 5.83. The van der Waals surface area contributed by atoms with Crippen molar-refractivity contribution in [3.05, 3.63) is 52.5 Å². The molecule has 0 saturated heterocycles. The van der Waals surface area contributed by atoms with E-state index in [-0.39, 0.29) is 17.1 Å². The fraction of sp³-hybridized carbons (Fsp3) is 0.278. The van der Waals surface area contributed by atoms with Crippen molar-refractivity contribution in [2.75, 3.05) is 21.3 Å². The van der Waals surface area contributed by atoms with E-state index < -0.39 is 22.0 Å². The van der Waals surface area contributed by atoms with Gasteiger partial charge in [-0.1, -0.05) is 28.1 Å². The van der Waals surface area contributed by atoms with E-state index in [4.69, 9.17) is 14.2 Å². The van der Waals surface area contributed by atoms with Crippen molar-refractivity contribution in [2.45, 2.75) is 17.4 Å². The van der Waals surface area contributed by atoms with E-state index in [0.29, 0.717) is 11.3 Å². The first-order valence-corrected chi connectivity index (χ1v) is 10.1. The largest absolute Gasteiger partial charge is 0.493 e. The molecule has 1 N–H and O–H groups in total. The Morgan fingerprint density at radius 2 is 1.67 bits per heavy atom. The molecule has 7 nitrogen and oxygen atoms in total. The summed E-state index contributed by atoms with van der Waals surface area (Å²) in [4.78, 5) is 11.8. The number of rotatable bonds is 8. The van der Waals surface area contributed by atoms with E-state index >= 15 is 0 Å². The molecule has 2 aromatic carbocycles. The second-order valence-corrected chi connectivity index (χ2v) is 8.15. The van der Waals surface area contributed by atoms with Gasteiger partial charge in [-0.05, 0) is 29.8 Å². The minimum atomic E-state index is -3.93. The van der Waals surface area contributed by atoms with Gasteiger partial charge in [0.2, 0.25) is 10.0 Å². The zero-order valence-electron chi connectivity index (χ0n) is 15.1. The number of methoxy groups -OCH3 is 3. The topological polar surface area (TPSA) is 90.9 Å². The lowest BCUT2D eigenvalue weighted by Gasteiger charge is -2.19. The van der Waals surface area contributed by atoms with Crippen molar-refractivity contribution in [1.82, 2.24) is 4.72 Å². The molecule has 0 fully saturated rings. The zero-order valence-corrected chi connectivity index (χ0v) is 17.5. The van der Waals surface area contributed by atoms with Gasteiger partial charge in [-0.2, -0.15) is 0 Å². The van der Waals surface area contributed by atoms with E-state index in [1.54, 1.807) is 24.3 Å². The van der Waals surface area contributed by atoms with Gasteiger partial charge in [-0.3, -0.25) is 4.79 Å². The van der Waals surface area contributed by atoms with Crippen LogP contribution in [0.1, 0.15) is 18.0 Å². The smallest absolute Gasteiger partial charge is 0.307 e. The molecule has 0 saturated carbocycles. The summed E-state index contributed by atoms with van der Waals surface area (Å²) in [5.41, 5.74) is 0.632. The summed E-state index contributed by atoms with van der Waals surface area (Å²) in [6.07, 6.45) is -0.148. The molecule has 0 heterocycles. The number of hydrogen-bond acceptors (Lipinski definition) is 6. The van der Waals surface area contributed by atoms with Gasteiger partial charge in [0, 0.05) is 10.5 Å². The molecule has 146 valence electrons. The van der Waals surface area contributed by atoms with Crippen LogP contribution in [0.2, 0.25) is 0 Å². The van der Waals surface area contributed by atoms with Gasteiger partial charge in [-0.25, -0.2) is 13.1 Å². The second kappa shape index (κ2) is 9.20. The average Bonchev–Trinajstić information content (AvgIpc) is 2.67. The standard InChI is InChI=1S/C18H20BrNO6S/c1-24-16-9-8-14(10-17(16)25-2)27(22,23)20-15(11-18(21)26-3)12-4-6-13(19)7-5-12/h4-10,15,20H,11H2,1-3H3. The second-order valence-electron chi connectivity index (χ2n) is 5.52. The summed E-state index contributed by atoms with van der Waals surface area (Å²) >= 11 is 3.33. The van der Waals surface area contributed by atoms with Gasteiger partial charge >= 0.3 is 5.97 Å². The van der Waals surface area contributed by atoms with Crippen LogP contribution < -0.4 is 14.2 Å². The maximum absolute atomic E-state index is 12.9. The molecule has 0 aliphatic heterocycles. The molecule has 0 aliphatic rings. The Balaban J connectivity index is 2.37. The van der Waals surface area contributed by atoms with Crippen LogP contribution >= 0.6 is 15.9 Å². The summed E-state index contributed by atoms with van der Waals surface area (Å²) in [5, 5.41) is 0. The number of esters is 1. The van der Waals surface area contributed by atoms with Crippen molar-refractivity contribution in [3.63, 3.8) is 0 Å². The molecule has 0 radical (unpaired) electrons. The Hall–Kier alpha value is -2.10. The van der Waals surface area contributed by atoms with Crippen molar-refractivity contribution >= 4 is 31.9 Å². The molecule has 0 aliphatic carbocycles. The van der Waals surface area contributed by atoms with Crippen LogP contribution in [-0.4, -0.2) is 35.7 Å². The van der Waals surface area contributed by atoms with Gasteiger partial charge in [-0.15, -0.1) is 0 Å². The fourth-order valence-electron chi connectivity index (χ4n) is 2.41. The highest BCUT2D eigenvalue weighted by molar-refractivity contribution is 9.10. The summed E-state index contributed by atoms with van der Waals surface area (Å²) in [6.45, 7) is 0. The number of carbonyl (C=O) groups is 1. The van der Waals surface area contributed by atoms with E-state index in [2.05, 4.69) is 20.7 Å². The van der Waals surface area contributed by atoms with Gasteiger partial charge in [0.05, 0.1) is 38.7 Å². The number of sulfonamides is 1. The van der Waals surface area contributed by atoms with E-state index in [0.717, 1.165) is 4.47 Å². The van der Waals surface area contributed by atoms with E-state index in [1.165, 1.54) is 39.5 Å². The maximum Gasteiger partial charge on any atom is 0.307 e. The molecule has 2 rings (SSSR count). The lowest BCUT2D eigenvalue weighted by Crippen LogP contribution is -2.30. The molecule has 0 spiro atoms. The maximum atomic E-state index is 12.9. The summed E-state index contributed by atoms with van der Waals surface area (Å²) in [6, 6.07) is 10.5. The van der Waals surface area contributed by atoms with Crippen LogP contribution in [0, 0.1) is 0 Å². The first kappa shape index (κ1) is 21.2. The minimum absolute atomic E-state index is 0.00729. The summed E-state index contributed by atoms with van der Waals surface area (Å²) in [7, 11) is 0.202. The minimum Gasteiger partial charge on any atom is -0.493 e. The SMILES string of the molecule is COC(=O)CC(NS(=O)(=O)c1ccc(OC)c(OC)c1)c1ccc(Br)cc1. The highest BCUT2D eigenvalue weighted by Gasteiger charge is 2.25. The lowest BCUT2D eigenvalue weighted by atomic mass is 10.1. The Bertz CT molecular complexity index is 899. The van der Waals surface area contributed by atoms with Gasteiger partial charge in [0.1, 0.15) is 0 Å². The zero-order chi connectivity index (χ0) is 20.0. The summed E-state index contributed by atoms with van der Waals surface area (Å²) in [5.74, 6) is 0.168. The van der Waals surface area contributed by atoms with E-state index in [9.17, 15) is 13.2 Å². The van der Waals surface area contributed by atoms with Gasteiger partial charge in [0.25, 0.3) is 0 Å². The number of ether oxygens (including phenoxy) is 3. The predicted octanol–water partition coefficient (Wildman–Crippen LogP) is 3.05. The molecule has 2 aromatic rings. The van der Waals surface area contributed by atoms with Crippen LogP contribution in [0.5, 0.6) is 11.5 Å². The number of benzene rings is 2. The fourth-order valence-corrected chi connectivity index (χ4v) is 3.92. The Morgan fingerprint density at radius 1 is 1.04 bits per heavy atom. The number of hydrogen-bond donors (Lipinski definition) is 1. The quantitative estimate of drug-likeness (QED) is 0.612. The van der Waals surface area contributed by atoms with Crippen LogP contribution in [0.25, 0.3) is 0 Å². The highest BCUT2D eigenvalue weighted by atomic mass is 79.9. The molecule has 9 heteroatoms. The van der Waals surface area contributed by atoms with Crippen LogP contribution in [-0.2, 0) is 19.6 Å². The predicted molar refractivity (Wildman–Crippen MR) is 103 cm³/mol. The Morgan fingerprint density at radius 3 is 2.22 bits per heavy atom. The number of halogens is 1. The van der Waals surface area contributed by atoms with Crippen LogP contribution in [0.3, 0.4) is 0 Å². The Labute approximate surface area is 166 Å². The number of nitrogens with one attached hydrogen (secondary N) is 1. The number of carbonyl (C=O) groups excluding carboxylic acids is 1. The van der Waals surface area contributed by atoms with Crippen molar-refractivity contribution in [1.29, 1.82) is 0 Å². The van der Waals surface area contributed by atoms with Crippen molar-refractivity contribution in [2.24, 2.45) is 0 Å². The molecule has 0 aromatic heterocycles. The molecule has 1 atom stereocenters. The molecule has 1 unspecified atom stereocenters. The third kappa shape index (κ3) is 5.44. The van der Waals surface area contributed by atoms with E-state index in [1.807, 2.05) is 0 Å². The molecular weight excluding hydrogens is 438 g/mol. The normalized spacial score (nSPS) is 12.3. The monoisotopic (exact) mass is 457 g/mol. The van der Waals surface area contributed by atoms with Crippen molar-refractivity contribution < 1.29 is 27.4 Å². The first-order chi connectivity index (χ1) is 12.8. The molecule has 0 amide bonds. The average molecular weight is 458 g/mol. The van der Waals surface area contributed by atoms with Crippen LogP contribution in [0.15, 0.2) is 51.8 Å². The van der Waals surface area contributed by atoms with Gasteiger partial charge < -0.3 is 14.2 Å². The molecule has 27 heavy (non-hydrogen) atoms. The third-order valence-electron chi connectivity index (χ3n) is 3.83. The Kier molecular flexibility index (Phi) is 7.23. The van der Waals surface area contributed by atoms with Crippen LogP contribution in [0.4, 0.5) is 0 Å². The van der Waals surface area contributed by atoms with Crippen molar-refractivity contribution in [3.8, 4) is 11.5 Å². The highest BCUT2D eigenvalue weighted by Crippen LogP contribution is 2.30. The molecule has 0 bridgehead atoms.